The van der Waals surface area contributed by atoms with Gasteiger partial charge in [-0.2, -0.15) is 4.31 Å². The predicted molar refractivity (Wildman–Crippen MR) is 90.8 cm³/mol. The summed E-state index contributed by atoms with van der Waals surface area (Å²) in [7, 11) is -3.42. The van der Waals surface area contributed by atoms with Crippen molar-refractivity contribution in [2.75, 3.05) is 13.1 Å². The van der Waals surface area contributed by atoms with Crippen LogP contribution in [0.5, 0.6) is 0 Å². The van der Waals surface area contributed by atoms with E-state index in [0.29, 0.717) is 34.3 Å². The maximum atomic E-state index is 13.0. The molecular weight excluding hydrogens is 418 g/mol. The topological polar surface area (TPSA) is 37.4 Å². The van der Waals surface area contributed by atoms with Crippen LogP contribution in [-0.2, 0) is 10.0 Å². The second kappa shape index (κ2) is 5.95. The van der Waals surface area contributed by atoms with Gasteiger partial charge in [0, 0.05) is 22.0 Å². The van der Waals surface area contributed by atoms with Crippen molar-refractivity contribution < 1.29 is 8.42 Å². The average molecular weight is 437 g/mol. The summed E-state index contributed by atoms with van der Waals surface area (Å²) < 4.78 is 29.2. The molecule has 0 unspecified atom stereocenters. The van der Waals surface area contributed by atoms with Gasteiger partial charge in [0.05, 0.1) is 4.90 Å². The Balaban J connectivity index is 1.93. The monoisotopic (exact) mass is 435 g/mol. The van der Waals surface area contributed by atoms with Crippen LogP contribution in [0.15, 0.2) is 26.0 Å². The van der Waals surface area contributed by atoms with Crippen LogP contribution >= 0.6 is 31.9 Å². The molecule has 0 N–H and O–H groups in total. The number of aryl methyl sites for hydroxylation is 1. The lowest BCUT2D eigenvalue weighted by Crippen LogP contribution is -2.35. The second-order valence-corrected chi connectivity index (χ2v) is 9.86. The third-order valence-electron chi connectivity index (χ3n) is 4.15. The first-order valence-corrected chi connectivity index (χ1v) is 10.4. The maximum Gasteiger partial charge on any atom is 0.244 e. The molecule has 0 heterocycles. The van der Waals surface area contributed by atoms with E-state index in [1.807, 2.05) is 13.0 Å². The SMILES string of the molecule is Cc1cc(Br)c(S(=O)(=O)N(CC2CC2)CC2CC2)cc1Br. The van der Waals surface area contributed by atoms with Gasteiger partial charge in [-0.15, -0.1) is 0 Å². The lowest BCUT2D eigenvalue weighted by Gasteiger charge is -2.23. The van der Waals surface area contributed by atoms with Crippen LogP contribution in [0.3, 0.4) is 0 Å². The van der Waals surface area contributed by atoms with Crippen LogP contribution in [0.25, 0.3) is 0 Å². The first-order valence-electron chi connectivity index (χ1n) is 7.33. The van der Waals surface area contributed by atoms with E-state index < -0.39 is 10.0 Å². The molecule has 1 aromatic rings. The van der Waals surface area contributed by atoms with Gasteiger partial charge in [0.25, 0.3) is 0 Å². The van der Waals surface area contributed by atoms with Crippen molar-refractivity contribution in [2.45, 2.75) is 37.5 Å². The largest absolute Gasteiger partial charge is 0.244 e. The molecule has 116 valence electrons. The van der Waals surface area contributed by atoms with Crippen LogP contribution in [0.4, 0.5) is 0 Å². The Labute approximate surface area is 143 Å². The molecule has 3 nitrogen and oxygen atoms in total. The smallest absolute Gasteiger partial charge is 0.207 e. The normalized spacial score (nSPS) is 19.2. The van der Waals surface area contributed by atoms with Crippen molar-refractivity contribution >= 4 is 41.9 Å². The molecule has 1 aromatic carbocycles. The fourth-order valence-electron chi connectivity index (χ4n) is 2.41. The van der Waals surface area contributed by atoms with Gasteiger partial charge in [0.2, 0.25) is 10.0 Å². The molecule has 2 fully saturated rings. The zero-order chi connectivity index (χ0) is 15.2. The van der Waals surface area contributed by atoms with E-state index in [9.17, 15) is 8.42 Å². The zero-order valence-corrected chi connectivity index (χ0v) is 16.0. The first-order chi connectivity index (χ1) is 9.88. The molecular formula is C15H19Br2NO2S. The van der Waals surface area contributed by atoms with Crippen LogP contribution in [0.1, 0.15) is 31.2 Å². The van der Waals surface area contributed by atoms with E-state index in [1.165, 1.54) is 0 Å². The number of hydrogen-bond acceptors (Lipinski definition) is 2. The molecule has 0 radical (unpaired) electrons. The second-order valence-electron chi connectivity index (χ2n) is 6.24. The predicted octanol–water partition coefficient (Wildman–Crippen LogP) is 4.33. The molecule has 2 aliphatic rings. The molecule has 0 amide bonds. The molecule has 21 heavy (non-hydrogen) atoms. The van der Waals surface area contributed by atoms with Gasteiger partial charge >= 0.3 is 0 Å². The third-order valence-corrected chi connectivity index (χ3v) is 7.79. The van der Waals surface area contributed by atoms with E-state index in [2.05, 4.69) is 31.9 Å². The Kier molecular flexibility index (Phi) is 4.52. The number of hydrogen-bond donors (Lipinski definition) is 0. The van der Waals surface area contributed by atoms with Crippen molar-refractivity contribution in [3.8, 4) is 0 Å². The van der Waals surface area contributed by atoms with Gasteiger partial charge in [-0.05, 0) is 78.1 Å². The Morgan fingerprint density at radius 2 is 1.57 bits per heavy atom. The quantitative estimate of drug-likeness (QED) is 0.665. The number of nitrogens with zero attached hydrogens (tertiary/aromatic N) is 1. The minimum atomic E-state index is -3.42. The molecule has 0 aliphatic heterocycles. The van der Waals surface area contributed by atoms with Crippen molar-refractivity contribution in [3.63, 3.8) is 0 Å². The van der Waals surface area contributed by atoms with Gasteiger partial charge in [-0.3, -0.25) is 0 Å². The standard InChI is InChI=1S/C15H19Br2NO2S/c1-10-6-14(17)15(7-13(10)16)21(19,20)18(8-11-2-3-11)9-12-4-5-12/h6-7,11-12H,2-5,8-9H2,1H3. The molecule has 2 aliphatic carbocycles. The molecule has 0 bridgehead atoms. The lowest BCUT2D eigenvalue weighted by molar-refractivity contribution is 0.382. The summed E-state index contributed by atoms with van der Waals surface area (Å²) in [4.78, 5) is 0.376. The summed E-state index contributed by atoms with van der Waals surface area (Å²) in [5.41, 5.74) is 1.02. The number of halogens is 2. The molecule has 0 saturated heterocycles. The molecule has 6 heteroatoms. The Hall–Kier alpha value is 0.0900. The molecule has 0 atom stereocenters. The van der Waals surface area contributed by atoms with Crippen LogP contribution < -0.4 is 0 Å². The van der Waals surface area contributed by atoms with E-state index in [-0.39, 0.29) is 0 Å². The summed E-state index contributed by atoms with van der Waals surface area (Å²) in [6, 6.07) is 3.59. The van der Waals surface area contributed by atoms with Gasteiger partial charge in [-0.25, -0.2) is 8.42 Å². The van der Waals surface area contributed by atoms with Crippen molar-refractivity contribution in [2.24, 2.45) is 11.8 Å². The summed E-state index contributed by atoms with van der Waals surface area (Å²) in [6.45, 7) is 3.31. The lowest BCUT2D eigenvalue weighted by atomic mass is 10.2. The summed E-state index contributed by atoms with van der Waals surface area (Å²) in [5.74, 6) is 1.12. The number of rotatable bonds is 6. The number of sulfonamides is 1. The van der Waals surface area contributed by atoms with Gasteiger partial charge < -0.3 is 0 Å². The van der Waals surface area contributed by atoms with E-state index in [4.69, 9.17) is 0 Å². The fraction of sp³-hybridized carbons (Fsp3) is 0.600. The highest BCUT2D eigenvalue weighted by Crippen LogP contribution is 2.38. The molecule has 3 rings (SSSR count). The van der Waals surface area contributed by atoms with E-state index in [1.54, 1.807) is 10.4 Å². The van der Waals surface area contributed by atoms with E-state index >= 15 is 0 Å². The zero-order valence-electron chi connectivity index (χ0n) is 12.0. The summed E-state index contributed by atoms with van der Waals surface area (Å²) >= 11 is 6.87. The third kappa shape index (κ3) is 3.71. The van der Waals surface area contributed by atoms with E-state index in [0.717, 1.165) is 35.7 Å². The van der Waals surface area contributed by atoms with Crippen molar-refractivity contribution in [1.29, 1.82) is 0 Å². The Morgan fingerprint density at radius 1 is 1.05 bits per heavy atom. The van der Waals surface area contributed by atoms with Gasteiger partial charge in [0.15, 0.2) is 0 Å². The van der Waals surface area contributed by atoms with Crippen LogP contribution in [0, 0.1) is 18.8 Å². The van der Waals surface area contributed by atoms with Crippen molar-refractivity contribution in [1.82, 2.24) is 4.31 Å². The molecule has 2 saturated carbocycles. The highest BCUT2D eigenvalue weighted by molar-refractivity contribution is 9.11. The minimum absolute atomic E-state index is 0.376. The van der Waals surface area contributed by atoms with Crippen molar-refractivity contribution in [3.05, 3.63) is 26.6 Å². The first kappa shape index (κ1) is 16.0. The highest BCUT2D eigenvalue weighted by Gasteiger charge is 2.36. The minimum Gasteiger partial charge on any atom is -0.207 e. The van der Waals surface area contributed by atoms with Crippen LogP contribution in [0.2, 0.25) is 0 Å². The summed E-state index contributed by atoms with van der Waals surface area (Å²) in [5, 5.41) is 0. The Bertz CT molecular complexity index is 638. The Morgan fingerprint density at radius 3 is 2.05 bits per heavy atom. The maximum absolute atomic E-state index is 13.0. The number of benzene rings is 1. The fourth-order valence-corrected chi connectivity index (χ4v) is 5.64. The highest BCUT2D eigenvalue weighted by atomic mass is 79.9. The van der Waals surface area contributed by atoms with Gasteiger partial charge in [-0.1, -0.05) is 15.9 Å². The summed E-state index contributed by atoms with van der Waals surface area (Å²) in [6.07, 6.45) is 4.65. The van der Waals surface area contributed by atoms with Crippen LogP contribution in [-0.4, -0.2) is 25.8 Å². The molecule has 0 aromatic heterocycles. The molecule has 0 spiro atoms. The average Bonchev–Trinajstić information content (AvgIpc) is 3.27. The van der Waals surface area contributed by atoms with Gasteiger partial charge in [0.1, 0.15) is 0 Å².